The summed E-state index contributed by atoms with van der Waals surface area (Å²) in [6.07, 6.45) is 2.28. The molecule has 1 fully saturated rings. The van der Waals surface area contributed by atoms with Crippen LogP contribution in [-0.2, 0) is 5.41 Å². The van der Waals surface area contributed by atoms with Crippen molar-refractivity contribution < 1.29 is 5.11 Å². The summed E-state index contributed by atoms with van der Waals surface area (Å²) in [4.78, 5) is 1.32. The second kappa shape index (κ2) is 2.57. The molecule has 1 saturated carbocycles. The first kappa shape index (κ1) is 7.77. The van der Waals surface area contributed by atoms with Crippen LogP contribution in [0.15, 0.2) is 15.9 Å². The lowest BCUT2D eigenvalue weighted by molar-refractivity contribution is 0.256. The molecule has 60 valence electrons. The third kappa shape index (κ3) is 1.15. The van der Waals surface area contributed by atoms with Crippen LogP contribution in [0, 0.1) is 0 Å². The Morgan fingerprint density at radius 1 is 1.64 bits per heavy atom. The first-order chi connectivity index (χ1) is 5.28. The smallest absolute Gasteiger partial charge is 0.0536 e. The number of thiophene rings is 1. The third-order valence-electron chi connectivity index (χ3n) is 2.26. The van der Waals surface area contributed by atoms with Crippen LogP contribution in [0.3, 0.4) is 0 Å². The minimum atomic E-state index is 0.132. The normalized spacial score (nSPS) is 20.2. The Morgan fingerprint density at radius 2 is 2.36 bits per heavy atom. The molecule has 1 aliphatic carbocycles. The van der Waals surface area contributed by atoms with Crippen molar-refractivity contribution in [1.29, 1.82) is 0 Å². The number of hydrogen-bond acceptors (Lipinski definition) is 2. The van der Waals surface area contributed by atoms with Gasteiger partial charge in [0.05, 0.1) is 6.61 Å². The third-order valence-corrected chi connectivity index (χ3v) is 4.34. The van der Waals surface area contributed by atoms with Crippen molar-refractivity contribution in [1.82, 2.24) is 0 Å². The van der Waals surface area contributed by atoms with E-state index in [1.54, 1.807) is 11.3 Å². The highest BCUT2D eigenvalue weighted by atomic mass is 79.9. The molecule has 1 aliphatic rings. The lowest BCUT2D eigenvalue weighted by Crippen LogP contribution is -2.09. The molecule has 11 heavy (non-hydrogen) atoms. The van der Waals surface area contributed by atoms with Gasteiger partial charge in [-0.2, -0.15) is 0 Å². The van der Waals surface area contributed by atoms with Gasteiger partial charge < -0.3 is 5.11 Å². The van der Waals surface area contributed by atoms with Crippen molar-refractivity contribution in [3.63, 3.8) is 0 Å². The molecule has 0 amide bonds. The lowest BCUT2D eigenvalue weighted by Gasteiger charge is -2.08. The Kier molecular flexibility index (Phi) is 1.82. The summed E-state index contributed by atoms with van der Waals surface area (Å²) in [5.74, 6) is 0. The molecule has 0 radical (unpaired) electrons. The zero-order chi connectivity index (χ0) is 7.90. The number of aliphatic hydroxyl groups is 1. The fraction of sp³-hybridized carbons (Fsp3) is 0.500. The number of halogens is 1. The SMILES string of the molecule is OCC1(c2sccc2Br)CC1. The lowest BCUT2D eigenvalue weighted by atomic mass is 10.1. The average molecular weight is 233 g/mol. The van der Waals surface area contributed by atoms with Crippen molar-refractivity contribution in [2.24, 2.45) is 0 Å². The molecule has 0 atom stereocenters. The summed E-state index contributed by atoms with van der Waals surface area (Å²) in [6, 6.07) is 2.05. The van der Waals surface area contributed by atoms with Gasteiger partial charge in [-0.15, -0.1) is 11.3 Å². The van der Waals surface area contributed by atoms with E-state index in [0.29, 0.717) is 6.61 Å². The summed E-state index contributed by atoms with van der Waals surface area (Å²) in [5.41, 5.74) is 0.132. The van der Waals surface area contributed by atoms with Crippen LogP contribution in [0.5, 0.6) is 0 Å². The maximum Gasteiger partial charge on any atom is 0.0536 e. The first-order valence-corrected chi connectivity index (χ1v) is 5.30. The van der Waals surface area contributed by atoms with Gasteiger partial charge in [-0.05, 0) is 40.2 Å². The molecule has 0 bridgehead atoms. The summed E-state index contributed by atoms with van der Waals surface area (Å²) in [7, 11) is 0. The van der Waals surface area contributed by atoms with Crippen LogP contribution in [0.2, 0.25) is 0 Å². The first-order valence-electron chi connectivity index (χ1n) is 3.63. The van der Waals surface area contributed by atoms with Crippen LogP contribution in [0.4, 0.5) is 0 Å². The molecule has 0 aromatic carbocycles. The van der Waals surface area contributed by atoms with E-state index in [2.05, 4.69) is 27.4 Å². The van der Waals surface area contributed by atoms with Gasteiger partial charge in [-0.3, -0.25) is 0 Å². The highest BCUT2D eigenvalue weighted by Crippen LogP contribution is 2.51. The van der Waals surface area contributed by atoms with Crippen molar-refractivity contribution in [3.05, 3.63) is 20.8 Å². The van der Waals surface area contributed by atoms with E-state index in [0.717, 1.165) is 17.3 Å². The van der Waals surface area contributed by atoms with E-state index < -0.39 is 0 Å². The van der Waals surface area contributed by atoms with E-state index in [4.69, 9.17) is 5.11 Å². The minimum Gasteiger partial charge on any atom is -0.395 e. The van der Waals surface area contributed by atoms with Crippen LogP contribution < -0.4 is 0 Å². The maximum absolute atomic E-state index is 9.14. The maximum atomic E-state index is 9.14. The van der Waals surface area contributed by atoms with Crippen molar-refractivity contribution in [2.45, 2.75) is 18.3 Å². The summed E-state index contributed by atoms with van der Waals surface area (Å²) in [6.45, 7) is 0.298. The summed E-state index contributed by atoms with van der Waals surface area (Å²) >= 11 is 5.22. The fourth-order valence-corrected chi connectivity index (χ4v) is 3.33. The predicted octanol–water partition coefficient (Wildman–Crippen LogP) is 2.53. The molecule has 1 heterocycles. The topological polar surface area (TPSA) is 20.2 Å². The van der Waals surface area contributed by atoms with E-state index in [-0.39, 0.29) is 5.41 Å². The number of hydrogen-bond donors (Lipinski definition) is 1. The predicted molar refractivity (Wildman–Crippen MR) is 50.0 cm³/mol. The molecule has 1 N–H and O–H groups in total. The van der Waals surface area contributed by atoms with Crippen LogP contribution >= 0.6 is 27.3 Å². The molecular formula is C8H9BrOS. The molecule has 2 rings (SSSR count). The Balaban J connectivity index is 2.35. The Labute approximate surface area is 78.2 Å². The van der Waals surface area contributed by atoms with Crippen LogP contribution in [0.25, 0.3) is 0 Å². The van der Waals surface area contributed by atoms with Gasteiger partial charge in [-0.1, -0.05) is 0 Å². The van der Waals surface area contributed by atoms with Crippen molar-refractivity contribution in [2.75, 3.05) is 6.61 Å². The zero-order valence-electron chi connectivity index (χ0n) is 6.01. The highest BCUT2D eigenvalue weighted by Gasteiger charge is 2.45. The average Bonchev–Trinajstić information content (AvgIpc) is 2.70. The molecule has 0 spiro atoms. The van der Waals surface area contributed by atoms with Crippen molar-refractivity contribution >= 4 is 27.3 Å². The van der Waals surface area contributed by atoms with Crippen molar-refractivity contribution in [3.8, 4) is 0 Å². The Morgan fingerprint density at radius 3 is 2.73 bits per heavy atom. The van der Waals surface area contributed by atoms with Gasteiger partial charge >= 0.3 is 0 Å². The monoisotopic (exact) mass is 232 g/mol. The van der Waals surface area contributed by atoms with Gasteiger partial charge in [0.1, 0.15) is 0 Å². The minimum absolute atomic E-state index is 0.132. The largest absolute Gasteiger partial charge is 0.395 e. The van der Waals surface area contributed by atoms with E-state index in [1.165, 1.54) is 4.88 Å². The Hall–Kier alpha value is 0.140. The van der Waals surface area contributed by atoms with Gasteiger partial charge in [0, 0.05) is 14.8 Å². The summed E-state index contributed by atoms with van der Waals surface area (Å²) in [5, 5.41) is 11.2. The molecule has 1 aromatic rings. The van der Waals surface area contributed by atoms with Crippen LogP contribution in [-0.4, -0.2) is 11.7 Å². The number of aliphatic hydroxyl groups excluding tert-OH is 1. The van der Waals surface area contributed by atoms with Gasteiger partial charge in [0.25, 0.3) is 0 Å². The van der Waals surface area contributed by atoms with E-state index in [9.17, 15) is 0 Å². The molecule has 1 aromatic heterocycles. The Bertz CT molecular complexity index is 265. The standard InChI is InChI=1S/C8H9BrOS/c9-6-1-4-11-7(6)8(5-10)2-3-8/h1,4,10H,2-3,5H2. The molecular weight excluding hydrogens is 224 g/mol. The fourth-order valence-electron chi connectivity index (χ4n) is 1.28. The summed E-state index contributed by atoms with van der Waals surface area (Å²) < 4.78 is 1.16. The molecule has 0 saturated heterocycles. The van der Waals surface area contributed by atoms with Gasteiger partial charge in [-0.25, -0.2) is 0 Å². The van der Waals surface area contributed by atoms with Gasteiger partial charge in [0.15, 0.2) is 0 Å². The zero-order valence-corrected chi connectivity index (χ0v) is 8.41. The second-order valence-corrected chi connectivity index (χ2v) is 4.81. The van der Waals surface area contributed by atoms with Gasteiger partial charge in [0.2, 0.25) is 0 Å². The number of rotatable bonds is 2. The van der Waals surface area contributed by atoms with E-state index in [1.807, 2.05) is 0 Å². The molecule has 0 aliphatic heterocycles. The molecule has 0 unspecified atom stereocenters. The molecule has 3 heteroatoms. The van der Waals surface area contributed by atoms with E-state index >= 15 is 0 Å². The quantitative estimate of drug-likeness (QED) is 0.832. The molecule has 1 nitrogen and oxygen atoms in total. The second-order valence-electron chi connectivity index (χ2n) is 3.04. The highest BCUT2D eigenvalue weighted by molar-refractivity contribution is 9.10. The van der Waals surface area contributed by atoms with Crippen LogP contribution in [0.1, 0.15) is 17.7 Å².